The number of nitriles is 1. The number of benzene rings is 1. The van der Waals surface area contributed by atoms with E-state index in [0.717, 1.165) is 18.5 Å². The third-order valence-corrected chi connectivity index (χ3v) is 4.06. The van der Waals surface area contributed by atoms with Gasteiger partial charge in [-0.25, -0.2) is 0 Å². The van der Waals surface area contributed by atoms with Crippen molar-refractivity contribution in [1.82, 2.24) is 10.2 Å². The number of carbonyl (C=O) groups is 1. The van der Waals surface area contributed by atoms with Crippen LogP contribution in [0.3, 0.4) is 0 Å². The number of fused-ring (bicyclic) bond motifs is 1. The maximum Gasteiger partial charge on any atom is 0.288 e. The number of likely N-dealkylation sites (tertiary alicyclic amines) is 1. The summed E-state index contributed by atoms with van der Waals surface area (Å²) in [4.78, 5) is 14.5. The van der Waals surface area contributed by atoms with Crippen molar-refractivity contribution in [3.05, 3.63) is 36.1 Å². The Hall–Kier alpha value is -2.32. The van der Waals surface area contributed by atoms with Crippen molar-refractivity contribution in [2.24, 2.45) is 0 Å². The Morgan fingerprint density at radius 1 is 1.38 bits per heavy atom. The van der Waals surface area contributed by atoms with Crippen molar-refractivity contribution in [3.63, 3.8) is 0 Å². The molecule has 1 N–H and O–H groups in total. The number of amides is 1. The van der Waals surface area contributed by atoms with Gasteiger partial charge >= 0.3 is 0 Å². The second kappa shape index (κ2) is 5.23. The number of piperidine rings is 1. The maximum atomic E-state index is 12.4. The van der Waals surface area contributed by atoms with E-state index in [1.165, 1.54) is 0 Å². The van der Waals surface area contributed by atoms with Gasteiger partial charge in [0.05, 0.1) is 6.07 Å². The van der Waals surface area contributed by atoms with E-state index >= 15 is 0 Å². The van der Waals surface area contributed by atoms with Crippen molar-refractivity contribution >= 4 is 16.9 Å². The third-order valence-electron chi connectivity index (χ3n) is 4.06. The molecule has 2 heterocycles. The molecule has 0 aliphatic carbocycles. The number of hydrogen-bond donors (Lipinski definition) is 1. The monoisotopic (exact) mass is 283 g/mol. The minimum Gasteiger partial charge on any atom is -0.451 e. The predicted octanol–water partition coefficient (Wildman–Crippen LogP) is 2.15. The standard InChI is InChI=1S/C16H17N3O2/c1-19-8-6-16(11-17,7-9-19)18-15(20)14-10-12-4-2-3-5-13(12)21-14/h2-5,10H,6-9H2,1H3,(H,18,20). The summed E-state index contributed by atoms with van der Waals surface area (Å²) < 4.78 is 5.55. The number of rotatable bonds is 2. The van der Waals surface area contributed by atoms with Gasteiger partial charge in [-0.05, 0) is 32.0 Å². The Morgan fingerprint density at radius 2 is 2.10 bits per heavy atom. The third kappa shape index (κ3) is 2.63. The smallest absolute Gasteiger partial charge is 0.288 e. The van der Waals surface area contributed by atoms with Crippen molar-refractivity contribution < 1.29 is 9.21 Å². The number of para-hydroxylation sites is 1. The number of hydrogen-bond acceptors (Lipinski definition) is 4. The van der Waals surface area contributed by atoms with E-state index in [2.05, 4.69) is 16.3 Å². The molecule has 1 fully saturated rings. The van der Waals surface area contributed by atoms with Crippen LogP contribution in [0.4, 0.5) is 0 Å². The summed E-state index contributed by atoms with van der Waals surface area (Å²) >= 11 is 0. The van der Waals surface area contributed by atoms with Crippen molar-refractivity contribution in [3.8, 4) is 6.07 Å². The van der Waals surface area contributed by atoms with Gasteiger partial charge in [-0.3, -0.25) is 4.79 Å². The lowest BCUT2D eigenvalue weighted by Crippen LogP contribution is -2.53. The normalized spacial score (nSPS) is 18.3. The number of carbonyl (C=O) groups excluding carboxylic acids is 1. The minimum atomic E-state index is -0.789. The van der Waals surface area contributed by atoms with E-state index in [9.17, 15) is 10.1 Å². The van der Waals surface area contributed by atoms with Gasteiger partial charge < -0.3 is 14.6 Å². The van der Waals surface area contributed by atoms with Gasteiger partial charge in [0, 0.05) is 18.5 Å². The van der Waals surface area contributed by atoms with Crippen LogP contribution in [0.1, 0.15) is 23.4 Å². The highest BCUT2D eigenvalue weighted by molar-refractivity contribution is 5.96. The zero-order chi connectivity index (χ0) is 14.9. The van der Waals surface area contributed by atoms with Crippen LogP contribution >= 0.6 is 0 Å². The van der Waals surface area contributed by atoms with E-state index in [0.29, 0.717) is 18.4 Å². The van der Waals surface area contributed by atoms with Crippen molar-refractivity contribution in [2.75, 3.05) is 20.1 Å². The van der Waals surface area contributed by atoms with Gasteiger partial charge in [0.1, 0.15) is 11.1 Å². The van der Waals surface area contributed by atoms with Gasteiger partial charge in [0.15, 0.2) is 5.76 Å². The average molecular weight is 283 g/mol. The second-order valence-electron chi connectivity index (χ2n) is 5.60. The quantitative estimate of drug-likeness (QED) is 0.917. The molecule has 1 aliphatic rings. The van der Waals surface area contributed by atoms with Gasteiger partial charge in [-0.2, -0.15) is 5.26 Å². The summed E-state index contributed by atoms with van der Waals surface area (Å²) in [5, 5.41) is 13.2. The summed E-state index contributed by atoms with van der Waals surface area (Å²) in [5.41, 5.74) is -0.111. The second-order valence-corrected chi connectivity index (χ2v) is 5.60. The molecule has 1 aromatic carbocycles. The molecule has 5 nitrogen and oxygen atoms in total. The molecule has 1 aliphatic heterocycles. The fraction of sp³-hybridized carbons (Fsp3) is 0.375. The molecule has 0 bridgehead atoms. The van der Waals surface area contributed by atoms with Crippen LogP contribution in [0.15, 0.2) is 34.7 Å². The van der Waals surface area contributed by atoms with Crippen LogP contribution in [0, 0.1) is 11.3 Å². The Morgan fingerprint density at radius 3 is 2.76 bits per heavy atom. The lowest BCUT2D eigenvalue weighted by Gasteiger charge is -2.35. The first kappa shape index (κ1) is 13.7. The number of furan rings is 1. The zero-order valence-electron chi connectivity index (χ0n) is 11.9. The van der Waals surface area contributed by atoms with Gasteiger partial charge in [-0.15, -0.1) is 0 Å². The first-order chi connectivity index (χ1) is 10.1. The van der Waals surface area contributed by atoms with Crippen LogP contribution in [0.5, 0.6) is 0 Å². The SMILES string of the molecule is CN1CCC(C#N)(NC(=O)c2cc3ccccc3o2)CC1. The minimum absolute atomic E-state index is 0.254. The number of nitrogens with zero attached hydrogens (tertiary/aromatic N) is 2. The fourth-order valence-electron chi connectivity index (χ4n) is 2.64. The summed E-state index contributed by atoms with van der Waals surface area (Å²) in [6, 6.07) is 11.5. The molecule has 5 heteroatoms. The zero-order valence-corrected chi connectivity index (χ0v) is 11.9. The van der Waals surface area contributed by atoms with E-state index in [1.54, 1.807) is 6.07 Å². The molecule has 1 saturated heterocycles. The molecule has 108 valence electrons. The van der Waals surface area contributed by atoms with Crippen LogP contribution in [0.2, 0.25) is 0 Å². The molecule has 21 heavy (non-hydrogen) atoms. The fourth-order valence-corrected chi connectivity index (χ4v) is 2.64. The highest BCUT2D eigenvalue weighted by Gasteiger charge is 2.36. The molecule has 0 radical (unpaired) electrons. The Labute approximate surface area is 123 Å². The molecular weight excluding hydrogens is 266 g/mol. The summed E-state index contributed by atoms with van der Waals surface area (Å²) in [6.45, 7) is 1.60. The van der Waals surface area contributed by atoms with E-state index < -0.39 is 5.54 Å². The molecule has 0 spiro atoms. The van der Waals surface area contributed by atoms with Gasteiger partial charge in [0.25, 0.3) is 5.91 Å². The molecule has 1 aromatic heterocycles. The lowest BCUT2D eigenvalue weighted by molar-refractivity contribution is 0.0856. The predicted molar refractivity (Wildman–Crippen MR) is 78.8 cm³/mol. The highest BCUT2D eigenvalue weighted by atomic mass is 16.3. The van der Waals surface area contributed by atoms with Crippen LogP contribution in [-0.2, 0) is 0 Å². The molecular formula is C16H17N3O2. The topological polar surface area (TPSA) is 69.3 Å². The van der Waals surface area contributed by atoms with Gasteiger partial charge in [0.2, 0.25) is 0 Å². The average Bonchev–Trinajstić information content (AvgIpc) is 2.94. The van der Waals surface area contributed by atoms with Crippen molar-refractivity contribution in [2.45, 2.75) is 18.4 Å². The van der Waals surface area contributed by atoms with Crippen molar-refractivity contribution in [1.29, 1.82) is 5.26 Å². The van der Waals surface area contributed by atoms with E-state index in [-0.39, 0.29) is 11.7 Å². The van der Waals surface area contributed by atoms with E-state index in [1.807, 2.05) is 31.3 Å². The molecule has 0 unspecified atom stereocenters. The van der Waals surface area contributed by atoms with Gasteiger partial charge in [-0.1, -0.05) is 18.2 Å². The summed E-state index contributed by atoms with van der Waals surface area (Å²) in [7, 11) is 2.02. The summed E-state index contributed by atoms with van der Waals surface area (Å²) in [6.07, 6.45) is 1.26. The van der Waals surface area contributed by atoms with E-state index in [4.69, 9.17) is 4.42 Å². The van der Waals surface area contributed by atoms with Crippen LogP contribution in [-0.4, -0.2) is 36.5 Å². The molecule has 0 saturated carbocycles. The summed E-state index contributed by atoms with van der Waals surface area (Å²) in [5.74, 6) is -0.0675. The lowest BCUT2D eigenvalue weighted by atomic mass is 9.89. The first-order valence-corrected chi connectivity index (χ1v) is 7.03. The molecule has 3 rings (SSSR count). The number of nitrogens with one attached hydrogen (secondary N) is 1. The first-order valence-electron chi connectivity index (χ1n) is 7.03. The Bertz CT molecular complexity index is 673. The molecule has 2 aromatic rings. The Kier molecular flexibility index (Phi) is 3.40. The molecule has 1 amide bonds. The van der Waals surface area contributed by atoms with Crippen LogP contribution in [0.25, 0.3) is 11.0 Å². The maximum absolute atomic E-state index is 12.4. The molecule has 0 atom stereocenters. The van der Waals surface area contributed by atoms with Crippen LogP contribution < -0.4 is 5.32 Å². The largest absolute Gasteiger partial charge is 0.451 e. The Balaban J connectivity index is 1.80. The highest BCUT2D eigenvalue weighted by Crippen LogP contribution is 2.23.